The summed E-state index contributed by atoms with van der Waals surface area (Å²) in [5.41, 5.74) is 0.998. The summed E-state index contributed by atoms with van der Waals surface area (Å²) in [5.74, 6) is -1.59. The van der Waals surface area contributed by atoms with E-state index in [9.17, 15) is 26.4 Å². The third-order valence-corrected chi connectivity index (χ3v) is 8.11. The van der Waals surface area contributed by atoms with Gasteiger partial charge in [-0.15, -0.1) is 0 Å². The first-order valence-corrected chi connectivity index (χ1v) is 13.9. The molecule has 35 heavy (non-hydrogen) atoms. The lowest BCUT2D eigenvalue weighted by Crippen LogP contribution is -2.35. The van der Waals surface area contributed by atoms with E-state index in [0.717, 1.165) is 18.2 Å². The molecule has 2 aromatic rings. The molecule has 2 aromatic carbocycles. The van der Waals surface area contributed by atoms with Gasteiger partial charge in [0.25, 0.3) is 5.91 Å². The van der Waals surface area contributed by atoms with Gasteiger partial charge in [-0.2, -0.15) is 4.31 Å². The van der Waals surface area contributed by atoms with Crippen molar-refractivity contribution in [3.8, 4) is 0 Å². The highest BCUT2D eigenvalue weighted by molar-refractivity contribution is 7.92. The van der Waals surface area contributed by atoms with Gasteiger partial charge < -0.3 is 10.1 Å². The fourth-order valence-corrected chi connectivity index (χ4v) is 5.53. The second kappa shape index (κ2) is 11.6. The summed E-state index contributed by atoms with van der Waals surface area (Å²) in [4.78, 5) is 24.5. The van der Waals surface area contributed by atoms with Crippen molar-refractivity contribution in [2.75, 3.05) is 25.0 Å². The number of rotatable bonds is 10. The minimum absolute atomic E-state index is 0.130. The van der Waals surface area contributed by atoms with E-state index in [0.29, 0.717) is 24.3 Å². The molecule has 1 aliphatic heterocycles. The molecule has 2 N–H and O–H groups in total. The van der Waals surface area contributed by atoms with E-state index in [2.05, 4.69) is 10.0 Å². The lowest BCUT2D eigenvalue weighted by atomic mass is 10.2. The minimum Gasteiger partial charge on any atom is -0.452 e. The Labute approximate surface area is 205 Å². The first-order valence-electron chi connectivity index (χ1n) is 10.9. The van der Waals surface area contributed by atoms with Crippen LogP contribution in [-0.4, -0.2) is 58.8 Å². The van der Waals surface area contributed by atoms with E-state index in [-0.39, 0.29) is 4.90 Å². The number of esters is 1. The van der Waals surface area contributed by atoms with Crippen LogP contribution in [-0.2, 0) is 34.4 Å². The van der Waals surface area contributed by atoms with Gasteiger partial charge >= 0.3 is 5.97 Å². The second-order valence-corrected chi connectivity index (χ2v) is 11.4. The van der Waals surface area contributed by atoms with Crippen LogP contribution in [0.25, 0.3) is 6.08 Å². The summed E-state index contributed by atoms with van der Waals surface area (Å²) in [6.45, 7) is 1.66. The zero-order valence-electron chi connectivity index (χ0n) is 19.1. The third-order valence-electron chi connectivity index (χ3n) is 5.16. The van der Waals surface area contributed by atoms with Crippen LogP contribution in [0.3, 0.4) is 0 Å². The summed E-state index contributed by atoms with van der Waals surface area (Å²) < 4.78 is 57.7. The van der Waals surface area contributed by atoms with Crippen molar-refractivity contribution >= 4 is 43.7 Å². The van der Waals surface area contributed by atoms with Crippen molar-refractivity contribution in [2.24, 2.45) is 0 Å². The molecule has 3 rings (SSSR count). The molecule has 1 atom stereocenters. The summed E-state index contributed by atoms with van der Waals surface area (Å²) in [6.07, 6.45) is 1.83. The molecular formula is C23H27N3O7S2. The Hall–Kier alpha value is -3.06. The van der Waals surface area contributed by atoms with Crippen molar-refractivity contribution in [1.82, 2.24) is 9.03 Å². The lowest BCUT2D eigenvalue weighted by Gasteiger charge is -2.16. The molecule has 12 heteroatoms. The SMILES string of the molecule is CC(OC(=O)CNS(=O)(=O)C=Cc1ccccc1)C(=O)Nc1ccc(S(=O)(=O)N2CCCC2)cc1. The number of nitrogens with one attached hydrogen (secondary N) is 2. The molecule has 0 radical (unpaired) electrons. The topological polar surface area (TPSA) is 139 Å². The number of nitrogens with zero attached hydrogens (tertiary/aromatic N) is 1. The largest absolute Gasteiger partial charge is 0.452 e. The Balaban J connectivity index is 1.48. The van der Waals surface area contributed by atoms with Crippen LogP contribution in [0.4, 0.5) is 5.69 Å². The van der Waals surface area contributed by atoms with Crippen LogP contribution in [0.1, 0.15) is 25.3 Å². The zero-order valence-corrected chi connectivity index (χ0v) is 20.7. The van der Waals surface area contributed by atoms with Gasteiger partial charge in [-0.1, -0.05) is 30.3 Å². The Bertz CT molecular complexity index is 1270. The molecule has 10 nitrogen and oxygen atoms in total. The molecule has 1 saturated heterocycles. The summed E-state index contributed by atoms with van der Waals surface area (Å²) in [7, 11) is -7.45. The molecule has 1 unspecified atom stereocenters. The molecule has 1 heterocycles. The van der Waals surface area contributed by atoms with Crippen LogP contribution >= 0.6 is 0 Å². The zero-order chi connectivity index (χ0) is 25.5. The van der Waals surface area contributed by atoms with Crippen LogP contribution in [0.2, 0.25) is 0 Å². The predicted molar refractivity (Wildman–Crippen MR) is 131 cm³/mol. The molecule has 1 amide bonds. The Morgan fingerprint density at radius 2 is 1.63 bits per heavy atom. The third kappa shape index (κ3) is 7.72. The second-order valence-electron chi connectivity index (χ2n) is 7.84. The molecule has 1 aliphatic rings. The van der Waals surface area contributed by atoms with E-state index >= 15 is 0 Å². The van der Waals surface area contributed by atoms with Crippen LogP contribution in [0, 0.1) is 0 Å². The van der Waals surface area contributed by atoms with Crippen molar-refractivity contribution in [2.45, 2.75) is 30.8 Å². The fourth-order valence-electron chi connectivity index (χ4n) is 3.26. The molecule has 0 saturated carbocycles. The maximum absolute atomic E-state index is 12.6. The van der Waals surface area contributed by atoms with E-state index in [4.69, 9.17) is 4.74 Å². The van der Waals surface area contributed by atoms with E-state index in [1.165, 1.54) is 41.6 Å². The van der Waals surface area contributed by atoms with E-state index in [1.54, 1.807) is 30.3 Å². The Kier molecular flexibility index (Phi) is 8.78. The number of hydrogen-bond acceptors (Lipinski definition) is 7. The normalized spacial score (nSPS) is 15.7. The molecule has 1 fully saturated rings. The summed E-state index contributed by atoms with van der Waals surface area (Å²) >= 11 is 0. The summed E-state index contributed by atoms with van der Waals surface area (Å²) in [6, 6.07) is 14.5. The highest BCUT2D eigenvalue weighted by Crippen LogP contribution is 2.22. The van der Waals surface area contributed by atoms with Gasteiger partial charge in [0.1, 0.15) is 6.54 Å². The predicted octanol–water partition coefficient (Wildman–Crippen LogP) is 1.93. The van der Waals surface area contributed by atoms with Gasteiger partial charge in [-0.05, 0) is 55.7 Å². The number of anilines is 1. The van der Waals surface area contributed by atoms with Crippen molar-refractivity contribution in [3.05, 3.63) is 65.6 Å². The molecule has 0 spiro atoms. The van der Waals surface area contributed by atoms with Gasteiger partial charge in [-0.3, -0.25) is 9.59 Å². The van der Waals surface area contributed by atoms with Gasteiger partial charge in [-0.25, -0.2) is 21.6 Å². The highest BCUT2D eigenvalue weighted by atomic mass is 32.2. The fraction of sp³-hybridized carbons (Fsp3) is 0.304. The maximum Gasteiger partial charge on any atom is 0.321 e. The lowest BCUT2D eigenvalue weighted by molar-refractivity contribution is -0.151. The quantitative estimate of drug-likeness (QED) is 0.456. The van der Waals surface area contributed by atoms with Gasteiger partial charge in [0.2, 0.25) is 20.0 Å². The maximum atomic E-state index is 12.6. The molecule has 188 valence electrons. The summed E-state index contributed by atoms with van der Waals surface area (Å²) in [5, 5.41) is 3.46. The van der Waals surface area contributed by atoms with Gasteiger partial charge in [0, 0.05) is 24.2 Å². The average Bonchev–Trinajstić information content (AvgIpc) is 3.39. The highest BCUT2D eigenvalue weighted by Gasteiger charge is 2.27. The monoisotopic (exact) mass is 521 g/mol. The van der Waals surface area contributed by atoms with Crippen molar-refractivity contribution in [1.29, 1.82) is 0 Å². The number of carbonyl (C=O) groups excluding carboxylic acids is 2. The van der Waals surface area contributed by atoms with Crippen molar-refractivity contribution in [3.63, 3.8) is 0 Å². The van der Waals surface area contributed by atoms with E-state index < -0.39 is 44.6 Å². The first-order chi connectivity index (χ1) is 16.6. The molecule has 0 aromatic heterocycles. The van der Waals surface area contributed by atoms with E-state index in [1.807, 2.05) is 0 Å². The smallest absolute Gasteiger partial charge is 0.321 e. The van der Waals surface area contributed by atoms with Gasteiger partial charge in [0.05, 0.1) is 4.90 Å². The van der Waals surface area contributed by atoms with Gasteiger partial charge in [0.15, 0.2) is 6.10 Å². The number of benzene rings is 2. The minimum atomic E-state index is -3.89. The van der Waals surface area contributed by atoms with Crippen molar-refractivity contribution < 1.29 is 31.2 Å². The Morgan fingerprint density at radius 1 is 1.00 bits per heavy atom. The van der Waals surface area contributed by atoms with Crippen LogP contribution < -0.4 is 10.0 Å². The standard InChI is InChI=1S/C23H27N3O7S2/c1-18(33-22(27)17-24-34(29,30)16-13-19-7-3-2-4-8-19)23(28)25-20-9-11-21(12-10-20)35(31,32)26-14-5-6-15-26/h2-4,7-13,16,18,24H,5-6,14-15,17H2,1H3,(H,25,28). The van der Waals surface area contributed by atoms with Crippen LogP contribution in [0.15, 0.2) is 64.9 Å². The number of amides is 1. The number of ether oxygens (including phenoxy) is 1. The Morgan fingerprint density at radius 3 is 2.26 bits per heavy atom. The number of hydrogen-bond donors (Lipinski definition) is 2. The molecular weight excluding hydrogens is 494 g/mol. The average molecular weight is 522 g/mol. The first kappa shape index (κ1) is 26.5. The number of sulfonamides is 2. The molecule has 0 aliphatic carbocycles. The number of carbonyl (C=O) groups is 2. The molecule has 0 bridgehead atoms. The van der Waals surface area contributed by atoms with Crippen LogP contribution in [0.5, 0.6) is 0 Å².